The minimum absolute atomic E-state index is 0.358. The highest BCUT2D eigenvalue weighted by Gasteiger charge is 2.26. The van der Waals surface area contributed by atoms with Crippen LogP contribution >= 0.6 is 10.7 Å². The van der Waals surface area contributed by atoms with Gasteiger partial charge in [-0.3, -0.25) is 0 Å². The van der Waals surface area contributed by atoms with Gasteiger partial charge in [0, 0.05) is 10.7 Å². The van der Waals surface area contributed by atoms with Crippen molar-refractivity contribution in [3.63, 3.8) is 0 Å². The quantitative estimate of drug-likeness (QED) is 0.490. The van der Waals surface area contributed by atoms with Crippen LogP contribution in [0.15, 0.2) is 11.1 Å². The Morgan fingerprint density at radius 2 is 1.92 bits per heavy atom. The van der Waals surface area contributed by atoms with Gasteiger partial charge in [-0.1, -0.05) is 11.1 Å². The van der Waals surface area contributed by atoms with Crippen molar-refractivity contribution in [2.45, 2.75) is 38.4 Å². The molecule has 0 amide bonds. The van der Waals surface area contributed by atoms with Crippen molar-refractivity contribution < 1.29 is 8.42 Å². The molecule has 70 valence electrons. The fraction of sp³-hybridized carbons (Fsp3) is 0.750. The molecule has 0 heterocycles. The van der Waals surface area contributed by atoms with Crippen LogP contribution in [-0.2, 0) is 9.05 Å². The predicted octanol–water partition coefficient (Wildman–Crippen LogP) is 2.44. The van der Waals surface area contributed by atoms with Crippen LogP contribution in [0.3, 0.4) is 0 Å². The first-order valence-corrected chi connectivity index (χ1v) is 6.37. The normalized spacial score (nSPS) is 26.1. The van der Waals surface area contributed by atoms with E-state index in [1.165, 1.54) is 11.1 Å². The standard InChI is InChI=1S/C8H13ClO2S/c1-6-3-4-8(5-7(6)2)12(9,10)11/h8H,3-5H2,1-2H3/t8-/m0/s1. The predicted molar refractivity (Wildman–Crippen MR) is 50.8 cm³/mol. The van der Waals surface area contributed by atoms with Gasteiger partial charge >= 0.3 is 0 Å². The zero-order chi connectivity index (χ0) is 9.35. The first kappa shape index (κ1) is 10.1. The summed E-state index contributed by atoms with van der Waals surface area (Å²) in [7, 11) is 1.93. The summed E-state index contributed by atoms with van der Waals surface area (Å²) in [6.45, 7) is 4.02. The summed E-state index contributed by atoms with van der Waals surface area (Å²) in [5, 5.41) is -0.358. The van der Waals surface area contributed by atoms with Crippen LogP contribution in [0.4, 0.5) is 0 Å². The first-order chi connectivity index (χ1) is 5.41. The van der Waals surface area contributed by atoms with Gasteiger partial charge in [0.2, 0.25) is 9.05 Å². The molecule has 0 N–H and O–H groups in total. The van der Waals surface area contributed by atoms with Gasteiger partial charge < -0.3 is 0 Å². The lowest BCUT2D eigenvalue weighted by Gasteiger charge is -2.21. The van der Waals surface area contributed by atoms with Gasteiger partial charge in [-0.05, 0) is 33.1 Å². The number of halogens is 1. The first-order valence-electron chi connectivity index (χ1n) is 4.00. The molecule has 0 spiro atoms. The second kappa shape index (κ2) is 3.38. The van der Waals surface area contributed by atoms with E-state index in [4.69, 9.17) is 10.7 Å². The van der Waals surface area contributed by atoms with Crippen LogP contribution in [0.2, 0.25) is 0 Å². The highest BCUT2D eigenvalue weighted by Crippen LogP contribution is 2.29. The molecule has 2 nitrogen and oxygen atoms in total. The topological polar surface area (TPSA) is 34.1 Å². The van der Waals surface area contributed by atoms with Crippen molar-refractivity contribution >= 4 is 19.7 Å². The molecule has 0 bridgehead atoms. The van der Waals surface area contributed by atoms with Gasteiger partial charge in [0.25, 0.3) is 0 Å². The van der Waals surface area contributed by atoms with Crippen LogP contribution in [0.1, 0.15) is 33.1 Å². The molecule has 0 radical (unpaired) electrons. The van der Waals surface area contributed by atoms with Crippen molar-refractivity contribution in [2.75, 3.05) is 0 Å². The van der Waals surface area contributed by atoms with Gasteiger partial charge in [-0.15, -0.1) is 0 Å². The zero-order valence-electron chi connectivity index (χ0n) is 7.30. The minimum atomic E-state index is -3.34. The molecule has 1 rings (SSSR count). The Hall–Kier alpha value is -0.0200. The molecule has 0 aromatic carbocycles. The van der Waals surface area contributed by atoms with E-state index in [-0.39, 0.29) is 5.25 Å². The van der Waals surface area contributed by atoms with Crippen LogP contribution in [0.5, 0.6) is 0 Å². The highest BCUT2D eigenvalue weighted by molar-refractivity contribution is 8.14. The van der Waals surface area contributed by atoms with E-state index < -0.39 is 9.05 Å². The second-order valence-corrected chi connectivity index (χ2v) is 6.31. The summed E-state index contributed by atoms with van der Waals surface area (Å²) in [4.78, 5) is 0. The fourth-order valence-corrected chi connectivity index (χ4v) is 2.75. The third-order valence-electron chi connectivity index (χ3n) is 2.50. The molecule has 1 aliphatic carbocycles. The monoisotopic (exact) mass is 208 g/mol. The fourth-order valence-electron chi connectivity index (χ4n) is 1.45. The largest absolute Gasteiger partial charge is 0.235 e. The maximum absolute atomic E-state index is 11.0. The van der Waals surface area contributed by atoms with Crippen LogP contribution in [0, 0.1) is 0 Å². The van der Waals surface area contributed by atoms with Gasteiger partial charge in [0.05, 0.1) is 5.25 Å². The summed E-state index contributed by atoms with van der Waals surface area (Å²) in [5.41, 5.74) is 2.49. The Labute approximate surface area is 78.0 Å². The highest BCUT2D eigenvalue weighted by atomic mass is 35.7. The van der Waals surface area contributed by atoms with Crippen LogP contribution in [-0.4, -0.2) is 13.7 Å². The average molecular weight is 209 g/mol. The Morgan fingerprint density at radius 3 is 2.33 bits per heavy atom. The molecule has 0 aliphatic heterocycles. The molecule has 0 saturated heterocycles. The maximum Gasteiger partial charge on any atom is 0.235 e. The van der Waals surface area contributed by atoms with E-state index in [1.54, 1.807) is 0 Å². The summed E-state index contributed by atoms with van der Waals surface area (Å²) >= 11 is 0. The third kappa shape index (κ3) is 2.23. The summed E-state index contributed by atoms with van der Waals surface area (Å²) in [6.07, 6.45) is 2.15. The lowest BCUT2D eigenvalue weighted by Crippen LogP contribution is -2.20. The lowest BCUT2D eigenvalue weighted by molar-refractivity contribution is 0.573. The number of hydrogen-bond donors (Lipinski definition) is 0. The third-order valence-corrected chi connectivity index (χ3v) is 4.46. The zero-order valence-corrected chi connectivity index (χ0v) is 8.87. The van der Waals surface area contributed by atoms with Gasteiger partial charge in [-0.25, -0.2) is 8.42 Å². The van der Waals surface area contributed by atoms with Gasteiger partial charge in [0.1, 0.15) is 0 Å². The Bertz CT molecular complexity index is 303. The number of hydrogen-bond acceptors (Lipinski definition) is 2. The van der Waals surface area contributed by atoms with E-state index in [9.17, 15) is 8.42 Å². The Balaban J connectivity index is 2.81. The van der Waals surface area contributed by atoms with E-state index in [2.05, 4.69) is 0 Å². The smallest absolute Gasteiger partial charge is 0.212 e. The molecule has 0 fully saturated rings. The molecule has 0 aromatic rings. The molecule has 1 atom stereocenters. The molecule has 4 heteroatoms. The van der Waals surface area contributed by atoms with Crippen molar-refractivity contribution in [3.8, 4) is 0 Å². The van der Waals surface area contributed by atoms with E-state index in [1.807, 2.05) is 13.8 Å². The van der Waals surface area contributed by atoms with Crippen molar-refractivity contribution in [3.05, 3.63) is 11.1 Å². The molecule has 1 aliphatic rings. The van der Waals surface area contributed by atoms with Crippen molar-refractivity contribution in [1.29, 1.82) is 0 Å². The van der Waals surface area contributed by atoms with Crippen molar-refractivity contribution in [1.82, 2.24) is 0 Å². The van der Waals surface area contributed by atoms with Crippen LogP contribution < -0.4 is 0 Å². The van der Waals surface area contributed by atoms with E-state index >= 15 is 0 Å². The number of allylic oxidation sites excluding steroid dienone is 2. The Kier molecular flexibility index (Phi) is 2.84. The van der Waals surface area contributed by atoms with Gasteiger partial charge in [0.15, 0.2) is 0 Å². The Morgan fingerprint density at radius 1 is 1.33 bits per heavy atom. The molecule has 12 heavy (non-hydrogen) atoms. The maximum atomic E-state index is 11.0. The molecule has 0 unspecified atom stereocenters. The van der Waals surface area contributed by atoms with Crippen molar-refractivity contribution in [2.24, 2.45) is 0 Å². The molecule has 0 saturated carbocycles. The lowest BCUT2D eigenvalue weighted by atomic mass is 9.94. The summed E-state index contributed by atoms with van der Waals surface area (Å²) in [6, 6.07) is 0. The summed E-state index contributed by atoms with van der Waals surface area (Å²) < 4.78 is 22.0. The van der Waals surface area contributed by atoms with Gasteiger partial charge in [-0.2, -0.15) is 0 Å². The molecular formula is C8H13ClO2S. The van der Waals surface area contributed by atoms with Crippen LogP contribution in [0.25, 0.3) is 0 Å². The minimum Gasteiger partial charge on any atom is -0.212 e. The summed E-state index contributed by atoms with van der Waals surface area (Å²) in [5.74, 6) is 0. The SMILES string of the molecule is CC1=C(C)C[C@@H](S(=O)(=O)Cl)CC1. The second-order valence-electron chi connectivity index (χ2n) is 3.40. The molecular weight excluding hydrogens is 196 g/mol. The van der Waals surface area contributed by atoms with E-state index in [0.29, 0.717) is 12.8 Å². The molecule has 0 aromatic heterocycles. The average Bonchev–Trinajstić information content (AvgIpc) is 1.92. The number of rotatable bonds is 1. The van der Waals surface area contributed by atoms with E-state index in [0.717, 1.165) is 6.42 Å².